The first-order valence-electron chi connectivity index (χ1n) is 27.6. The summed E-state index contributed by atoms with van der Waals surface area (Å²) in [7, 11) is 0. The van der Waals surface area contributed by atoms with E-state index < -0.39 is 0 Å². The highest BCUT2D eigenvalue weighted by atomic mass is 16.5. The van der Waals surface area contributed by atoms with Gasteiger partial charge in [0.05, 0.1) is 21.9 Å². The van der Waals surface area contributed by atoms with Crippen molar-refractivity contribution in [3.63, 3.8) is 0 Å². The second-order valence-electron chi connectivity index (χ2n) is 19.9. The van der Waals surface area contributed by atoms with Crippen LogP contribution in [0.3, 0.4) is 0 Å². The summed E-state index contributed by atoms with van der Waals surface area (Å²) in [6, 6.07) is 50.4. The molecule has 2 N–H and O–H groups in total. The van der Waals surface area contributed by atoms with Crippen molar-refractivity contribution in [2.24, 2.45) is 0 Å². The molecule has 0 saturated heterocycles. The van der Waals surface area contributed by atoms with E-state index in [-0.39, 0.29) is 46.4 Å². The molecule has 0 spiro atoms. The van der Waals surface area contributed by atoms with Crippen molar-refractivity contribution < 1.29 is 38.1 Å². The number of fused-ring (bicyclic) bond motifs is 20. The number of hydrogen-bond donors (Lipinski definition) is 2. The van der Waals surface area contributed by atoms with Gasteiger partial charge in [0.15, 0.2) is 46.4 Å². The molecule has 0 fully saturated rings. The first-order chi connectivity index (χ1) is 41.0. The lowest BCUT2D eigenvalue weighted by molar-refractivity contribution is 0.0980. The molecule has 2 aliphatic heterocycles. The van der Waals surface area contributed by atoms with Crippen LogP contribution in [-0.4, -0.2) is 63.0 Å². The molecule has 0 amide bonds. The van der Waals surface area contributed by atoms with Crippen LogP contribution in [0.4, 0.5) is 0 Å². The highest BCUT2D eigenvalue weighted by molar-refractivity contribution is 6.10. The van der Waals surface area contributed by atoms with Gasteiger partial charge in [0.25, 0.3) is 0 Å². The van der Waals surface area contributed by atoms with E-state index in [4.69, 9.17) is 48.9 Å². The SMILES string of the molecule is CCC(=O)c1ccc(Oc2cccc3c2-c2nc-3nc3[nH]c(nc4nc(nc5[nH]c(n2)c2cccc(Oc6ccc(C(=O)CC)cc6)c52)-c2cccc(Oc5ccc(C(=O)CC)cc5)c2-4)c2cccc(Oc4ccc(C(=O)CC)cc4)c32)cc1. The van der Waals surface area contributed by atoms with E-state index in [9.17, 15) is 19.2 Å². The summed E-state index contributed by atoms with van der Waals surface area (Å²) in [5.41, 5.74) is 6.00. The second kappa shape index (κ2) is 21.8. The number of hydrogen-bond acceptors (Lipinski definition) is 14. The number of Topliss-reactive ketones (excluding diaryl/α,β-unsaturated/α-hetero) is 4. The lowest BCUT2D eigenvalue weighted by Crippen LogP contribution is -1.96. The van der Waals surface area contributed by atoms with E-state index in [1.807, 2.05) is 100 Å². The third-order valence-corrected chi connectivity index (χ3v) is 14.7. The van der Waals surface area contributed by atoms with Crippen LogP contribution >= 0.6 is 0 Å². The Morgan fingerprint density at radius 3 is 0.929 bits per heavy atom. The van der Waals surface area contributed by atoms with Crippen molar-refractivity contribution >= 4 is 67.3 Å². The van der Waals surface area contributed by atoms with Gasteiger partial charge < -0.3 is 28.9 Å². The van der Waals surface area contributed by atoms with Crippen molar-refractivity contribution in [3.8, 4) is 91.5 Å². The Labute approximate surface area is 480 Å². The Balaban J connectivity index is 1.09. The third kappa shape index (κ3) is 9.74. The molecule has 11 aromatic rings. The zero-order valence-corrected chi connectivity index (χ0v) is 45.9. The quantitative estimate of drug-likeness (QED) is 0.0861. The van der Waals surface area contributed by atoms with E-state index >= 15 is 0 Å². The third-order valence-electron chi connectivity index (χ3n) is 14.7. The van der Waals surface area contributed by atoms with Crippen LogP contribution < -0.4 is 18.9 Å². The van der Waals surface area contributed by atoms with Crippen LogP contribution in [0.5, 0.6) is 46.0 Å². The number of ether oxygens (including phenoxy) is 4. The average Bonchev–Trinajstić information content (AvgIpc) is 2.86. The van der Waals surface area contributed by atoms with Gasteiger partial charge in [-0.05, 0) is 121 Å². The minimum Gasteiger partial charge on any atom is -0.457 e. The fourth-order valence-electron chi connectivity index (χ4n) is 10.4. The molecule has 0 aliphatic carbocycles. The van der Waals surface area contributed by atoms with Gasteiger partial charge >= 0.3 is 0 Å². The first-order valence-corrected chi connectivity index (χ1v) is 27.6. The van der Waals surface area contributed by atoms with Crippen molar-refractivity contribution in [2.75, 3.05) is 0 Å². The number of nitrogens with zero attached hydrogens (tertiary/aromatic N) is 6. The van der Waals surface area contributed by atoms with Crippen molar-refractivity contribution in [2.45, 2.75) is 53.4 Å². The van der Waals surface area contributed by atoms with Crippen LogP contribution in [0, 0.1) is 0 Å². The standard InChI is InChI=1S/C68H50N8O8/c1-5-49(77)37-21-29-41(30-22-37)81-53-17-9-13-45-57(53)65-69-61(45)74-66-59-47(15-11-19-55(59)83-43-33-25-39(26-34-43)51(79)7-3)63(71-66)76-68-60-48(16-12-20-56(60)84-44-35-27-40(28-36-44)52(80)8-4)64(72-68)75-67-58-46(62(70-67)73-65)14-10-18-54(58)82-42-31-23-38(24-32-42)50(78)6-2/h9-36H,5-8H2,1-4H3,(H2,69,70,71,72,73,74,75,76). The molecule has 2 aliphatic rings. The molecule has 8 aromatic carbocycles. The molecular weight excluding hydrogens is 1060 g/mol. The first kappa shape index (κ1) is 52.4. The minimum absolute atomic E-state index is 0.0132. The smallest absolute Gasteiger partial charge is 0.168 e. The fraction of sp³-hybridized carbons (Fsp3) is 0.118. The molecule has 84 heavy (non-hydrogen) atoms. The molecular formula is C68H50N8O8. The summed E-state index contributed by atoms with van der Waals surface area (Å²) in [5, 5.41) is 2.38. The van der Waals surface area contributed by atoms with Crippen molar-refractivity contribution in [3.05, 3.63) is 192 Å². The summed E-state index contributed by atoms with van der Waals surface area (Å²) in [4.78, 5) is 89.3. The van der Waals surface area contributed by atoms with Crippen LogP contribution in [0.1, 0.15) is 94.8 Å². The maximum absolute atomic E-state index is 12.6. The number of nitrogens with one attached hydrogen (secondary N) is 2. The zero-order valence-electron chi connectivity index (χ0n) is 45.9. The summed E-state index contributed by atoms with van der Waals surface area (Å²) >= 11 is 0. The summed E-state index contributed by atoms with van der Waals surface area (Å²) < 4.78 is 26.7. The van der Waals surface area contributed by atoms with E-state index in [0.29, 0.717) is 160 Å². The number of aromatic amines is 2. The van der Waals surface area contributed by atoms with E-state index in [1.54, 1.807) is 97.1 Å². The zero-order chi connectivity index (χ0) is 57.6. The maximum Gasteiger partial charge on any atom is 0.168 e. The lowest BCUT2D eigenvalue weighted by Gasteiger charge is -2.10. The molecule has 410 valence electrons. The van der Waals surface area contributed by atoms with Crippen molar-refractivity contribution in [1.29, 1.82) is 0 Å². The number of H-pyrrole nitrogens is 2. The van der Waals surface area contributed by atoms with Gasteiger partial charge in [-0.25, -0.2) is 29.9 Å². The van der Waals surface area contributed by atoms with Gasteiger partial charge in [-0.1, -0.05) is 76.2 Å². The molecule has 16 nitrogen and oxygen atoms in total. The van der Waals surface area contributed by atoms with E-state index in [0.717, 1.165) is 0 Å². The molecule has 8 bridgehead atoms. The molecule has 13 rings (SSSR count). The topological polar surface area (TPSA) is 214 Å². The van der Waals surface area contributed by atoms with Crippen LogP contribution in [0.25, 0.3) is 89.7 Å². The van der Waals surface area contributed by atoms with Crippen LogP contribution in [-0.2, 0) is 0 Å². The number of benzene rings is 8. The monoisotopic (exact) mass is 1110 g/mol. The highest BCUT2D eigenvalue weighted by Gasteiger charge is 2.28. The van der Waals surface area contributed by atoms with Gasteiger partial charge in [-0.15, -0.1) is 0 Å². The predicted molar refractivity (Wildman–Crippen MR) is 321 cm³/mol. The van der Waals surface area contributed by atoms with Crippen LogP contribution in [0.2, 0.25) is 0 Å². The number of rotatable bonds is 16. The van der Waals surface area contributed by atoms with Gasteiger partial charge in [-0.3, -0.25) is 19.2 Å². The Bertz CT molecular complexity index is 4370. The Morgan fingerprint density at radius 1 is 0.321 bits per heavy atom. The molecule has 3 aromatic heterocycles. The molecule has 0 saturated carbocycles. The minimum atomic E-state index is 0.0132. The molecule has 16 heteroatoms. The Hall–Kier alpha value is -11.0. The number of ketones is 4. The fourth-order valence-corrected chi connectivity index (χ4v) is 10.4. The predicted octanol–water partition coefficient (Wildman–Crippen LogP) is 16.4. The summed E-state index contributed by atoms with van der Waals surface area (Å²) in [6.07, 6.45) is 1.46. The molecule has 0 atom stereocenters. The summed E-state index contributed by atoms with van der Waals surface area (Å²) in [5.74, 6) is 4.80. The van der Waals surface area contributed by atoms with E-state index in [2.05, 4.69) is 9.97 Å². The van der Waals surface area contributed by atoms with Gasteiger partial charge in [-0.2, -0.15) is 0 Å². The molecule has 0 radical (unpaired) electrons. The highest BCUT2D eigenvalue weighted by Crippen LogP contribution is 2.46. The summed E-state index contributed by atoms with van der Waals surface area (Å²) in [6.45, 7) is 7.30. The second-order valence-corrected chi connectivity index (χ2v) is 19.9. The average molecular weight is 1110 g/mol. The van der Waals surface area contributed by atoms with Gasteiger partial charge in [0.1, 0.15) is 68.6 Å². The normalized spacial score (nSPS) is 11.5. The van der Waals surface area contributed by atoms with Gasteiger partial charge in [0.2, 0.25) is 0 Å². The van der Waals surface area contributed by atoms with E-state index in [1.165, 1.54) is 0 Å². The number of aromatic nitrogens is 8. The molecule has 5 heterocycles. The Kier molecular flexibility index (Phi) is 13.6. The van der Waals surface area contributed by atoms with Crippen LogP contribution in [0.15, 0.2) is 170 Å². The Morgan fingerprint density at radius 2 is 0.607 bits per heavy atom. The van der Waals surface area contributed by atoms with Crippen molar-refractivity contribution in [1.82, 2.24) is 39.9 Å². The molecule has 0 unspecified atom stereocenters. The number of carbonyl (C=O) groups excluding carboxylic acids is 4. The lowest BCUT2D eigenvalue weighted by atomic mass is 10.1. The number of carbonyl (C=O) groups is 4. The van der Waals surface area contributed by atoms with Gasteiger partial charge in [0, 0.05) is 69.8 Å². The largest absolute Gasteiger partial charge is 0.457 e. The maximum atomic E-state index is 12.6.